The van der Waals surface area contributed by atoms with Gasteiger partial charge in [0.05, 0.1) is 19.6 Å². The van der Waals surface area contributed by atoms with Gasteiger partial charge in [-0.25, -0.2) is 0 Å². The molecule has 3 atom stereocenters. The van der Waals surface area contributed by atoms with E-state index in [2.05, 4.69) is 0 Å². The molecule has 5 heteroatoms. The van der Waals surface area contributed by atoms with E-state index in [1.165, 1.54) is 0 Å². The Balaban J connectivity index is 2.20. The number of methoxy groups -OCH3 is 2. The van der Waals surface area contributed by atoms with Crippen LogP contribution in [0.1, 0.15) is 18.9 Å². The first-order chi connectivity index (χ1) is 9.60. The van der Waals surface area contributed by atoms with Crippen LogP contribution in [0.3, 0.4) is 0 Å². The van der Waals surface area contributed by atoms with Crippen molar-refractivity contribution in [3.63, 3.8) is 0 Å². The minimum absolute atomic E-state index is 0.00221. The Labute approximate surface area is 124 Å². The highest BCUT2D eigenvalue weighted by atomic mass is 35.5. The zero-order valence-corrected chi connectivity index (χ0v) is 13.1. The Kier molecular flexibility index (Phi) is 5.00. The highest BCUT2D eigenvalue weighted by Crippen LogP contribution is 2.42. The predicted octanol–water partition coefficient (Wildman–Crippen LogP) is 3.18. The quantitative estimate of drug-likeness (QED) is 0.756. The second-order valence-electron chi connectivity index (χ2n) is 4.83. The molecule has 0 aromatic heterocycles. The third-order valence-electron chi connectivity index (χ3n) is 3.41. The molecule has 1 fully saturated rings. The molecule has 3 unspecified atom stereocenters. The van der Waals surface area contributed by atoms with Crippen LogP contribution in [0, 0.1) is 6.92 Å². The summed E-state index contributed by atoms with van der Waals surface area (Å²) in [6.07, 6.45) is 0.604. The van der Waals surface area contributed by atoms with Crippen LogP contribution >= 0.6 is 11.6 Å². The maximum Gasteiger partial charge on any atom is 0.203 e. The summed E-state index contributed by atoms with van der Waals surface area (Å²) in [5.74, 6) is 1.93. The molecule has 20 heavy (non-hydrogen) atoms. The van der Waals surface area contributed by atoms with Gasteiger partial charge in [-0.2, -0.15) is 0 Å². The Hall–Kier alpha value is -1.13. The summed E-state index contributed by atoms with van der Waals surface area (Å²) in [6.45, 7) is 4.55. The Morgan fingerprint density at radius 3 is 2.25 bits per heavy atom. The molecular formula is C15H21ClO4. The van der Waals surface area contributed by atoms with E-state index in [-0.39, 0.29) is 17.6 Å². The van der Waals surface area contributed by atoms with E-state index in [4.69, 9.17) is 30.5 Å². The average Bonchev–Trinajstić information content (AvgIpc) is 2.45. The molecule has 1 aromatic carbocycles. The molecule has 0 spiro atoms. The van der Waals surface area contributed by atoms with Crippen LogP contribution < -0.4 is 14.2 Å². The van der Waals surface area contributed by atoms with E-state index < -0.39 is 0 Å². The van der Waals surface area contributed by atoms with Gasteiger partial charge in [-0.05, 0) is 31.5 Å². The number of hydrogen-bond donors (Lipinski definition) is 0. The molecule has 1 aliphatic rings. The molecule has 4 nitrogen and oxygen atoms in total. The Bertz CT molecular complexity index is 438. The van der Waals surface area contributed by atoms with Crippen molar-refractivity contribution in [2.24, 2.45) is 0 Å². The van der Waals surface area contributed by atoms with Crippen molar-refractivity contribution >= 4 is 11.6 Å². The lowest BCUT2D eigenvalue weighted by Gasteiger charge is -2.40. The molecule has 0 amide bonds. The van der Waals surface area contributed by atoms with Gasteiger partial charge >= 0.3 is 0 Å². The number of ether oxygens (including phenoxy) is 4. The summed E-state index contributed by atoms with van der Waals surface area (Å²) >= 11 is 6.16. The van der Waals surface area contributed by atoms with Crippen LogP contribution in [-0.2, 0) is 4.74 Å². The van der Waals surface area contributed by atoms with Gasteiger partial charge in [0.1, 0.15) is 12.2 Å². The average molecular weight is 301 g/mol. The SMILES string of the molecule is CCOC1C(Cl)CC1Oc1c(OC)cc(C)cc1OC. The van der Waals surface area contributed by atoms with E-state index in [0.29, 0.717) is 23.9 Å². The first-order valence-corrected chi connectivity index (χ1v) is 7.19. The zero-order valence-electron chi connectivity index (χ0n) is 12.3. The van der Waals surface area contributed by atoms with Crippen molar-refractivity contribution in [3.8, 4) is 17.2 Å². The van der Waals surface area contributed by atoms with Crippen LogP contribution in [0.15, 0.2) is 12.1 Å². The summed E-state index contributed by atoms with van der Waals surface area (Å²) in [5, 5.41) is 0.00221. The number of alkyl halides is 1. The fourth-order valence-electron chi connectivity index (χ4n) is 2.33. The number of benzene rings is 1. The highest BCUT2D eigenvalue weighted by Gasteiger charge is 2.43. The molecule has 0 N–H and O–H groups in total. The third kappa shape index (κ3) is 2.96. The van der Waals surface area contributed by atoms with Crippen LogP contribution in [0.2, 0.25) is 0 Å². The van der Waals surface area contributed by atoms with Gasteiger partial charge < -0.3 is 18.9 Å². The monoisotopic (exact) mass is 300 g/mol. The van der Waals surface area contributed by atoms with E-state index in [1.54, 1.807) is 14.2 Å². The van der Waals surface area contributed by atoms with Gasteiger partial charge in [0, 0.05) is 13.0 Å². The van der Waals surface area contributed by atoms with Crippen LogP contribution in [0.25, 0.3) is 0 Å². The van der Waals surface area contributed by atoms with Crippen molar-refractivity contribution in [2.45, 2.75) is 37.9 Å². The molecule has 0 aliphatic heterocycles. The van der Waals surface area contributed by atoms with E-state index in [1.807, 2.05) is 26.0 Å². The fourth-order valence-corrected chi connectivity index (χ4v) is 2.74. The molecule has 1 aromatic rings. The lowest BCUT2D eigenvalue weighted by molar-refractivity contribution is -0.0771. The molecule has 0 saturated heterocycles. The van der Waals surface area contributed by atoms with Gasteiger partial charge in [-0.15, -0.1) is 11.6 Å². The number of rotatable bonds is 6. The summed E-state index contributed by atoms with van der Waals surface area (Å²) in [7, 11) is 3.23. The molecule has 0 radical (unpaired) electrons. The minimum Gasteiger partial charge on any atom is -0.493 e. The molecule has 112 valence electrons. The Morgan fingerprint density at radius 2 is 1.80 bits per heavy atom. The van der Waals surface area contributed by atoms with Gasteiger partial charge in [-0.1, -0.05) is 0 Å². The van der Waals surface area contributed by atoms with E-state index >= 15 is 0 Å². The molecule has 0 bridgehead atoms. The smallest absolute Gasteiger partial charge is 0.203 e. The first-order valence-electron chi connectivity index (χ1n) is 6.75. The molecule has 1 saturated carbocycles. The maximum atomic E-state index is 6.16. The van der Waals surface area contributed by atoms with Gasteiger partial charge in [0.2, 0.25) is 5.75 Å². The second kappa shape index (κ2) is 6.55. The van der Waals surface area contributed by atoms with Crippen LogP contribution in [0.4, 0.5) is 0 Å². The van der Waals surface area contributed by atoms with Crippen LogP contribution in [0.5, 0.6) is 17.2 Å². The van der Waals surface area contributed by atoms with E-state index in [9.17, 15) is 0 Å². The number of aryl methyl sites for hydroxylation is 1. The lowest BCUT2D eigenvalue weighted by Crippen LogP contribution is -2.52. The fraction of sp³-hybridized carbons (Fsp3) is 0.600. The summed E-state index contributed by atoms with van der Waals surface area (Å²) in [4.78, 5) is 0. The zero-order chi connectivity index (χ0) is 14.7. The minimum atomic E-state index is -0.0858. The lowest BCUT2D eigenvalue weighted by atomic mass is 9.91. The standard InChI is InChI=1S/C15H21ClO4/c1-5-19-14-10(16)8-13(14)20-15-11(17-3)6-9(2)7-12(15)18-4/h6-7,10,13-14H,5,8H2,1-4H3. The van der Waals surface area contributed by atoms with Gasteiger partial charge in [0.15, 0.2) is 11.5 Å². The van der Waals surface area contributed by atoms with Gasteiger partial charge in [0.25, 0.3) is 0 Å². The molecule has 2 rings (SSSR count). The summed E-state index contributed by atoms with van der Waals surface area (Å²) < 4.78 is 22.4. The van der Waals surface area contributed by atoms with Crippen molar-refractivity contribution in [1.82, 2.24) is 0 Å². The highest BCUT2D eigenvalue weighted by molar-refractivity contribution is 6.21. The normalized spacial score (nSPS) is 24.9. The summed E-state index contributed by atoms with van der Waals surface area (Å²) in [5.41, 5.74) is 1.05. The third-order valence-corrected chi connectivity index (χ3v) is 3.84. The van der Waals surface area contributed by atoms with Crippen molar-refractivity contribution in [2.75, 3.05) is 20.8 Å². The second-order valence-corrected chi connectivity index (χ2v) is 5.39. The Morgan fingerprint density at radius 1 is 1.20 bits per heavy atom. The molecule has 1 aliphatic carbocycles. The largest absolute Gasteiger partial charge is 0.493 e. The maximum absolute atomic E-state index is 6.16. The van der Waals surface area contributed by atoms with Gasteiger partial charge in [-0.3, -0.25) is 0 Å². The van der Waals surface area contributed by atoms with Crippen molar-refractivity contribution in [3.05, 3.63) is 17.7 Å². The predicted molar refractivity (Wildman–Crippen MR) is 78.4 cm³/mol. The van der Waals surface area contributed by atoms with E-state index in [0.717, 1.165) is 12.0 Å². The topological polar surface area (TPSA) is 36.9 Å². The van der Waals surface area contributed by atoms with Crippen molar-refractivity contribution < 1.29 is 18.9 Å². The van der Waals surface area contributed by atoms with Crippen LogP contribution in [-0.4, -0.2) is 38.4 Å². The van der Waals surface area contributed by atoms with Crippen molar-refractivity contribution in [1.29, 1.82) is 0 Å². The molecular weight excluding hydrogens is 280 g/mol. The summed E-state index contributed by atoms with van der Waals surface area (Å²) in [6, 6.07) is 3.84. The number of halogens is 1. The first kappa shape index (κ1) is 15.3. The molecule has 0 heterocycles. The number of hydrogen-bond acceptors (Lipinski definition) is 4.